The lowest BCUT2D eigenvalue weighted by atomic mass is 10.6. The molecule has 3 heteroatoms. The molecule has 1 atom stereocenters. The molecule has 0 radical (unpaired) electrons. The van der Waals surface area contributed by atoms with E-state index in [1.165, 1.54) is 24.9 Å². The topological polar surface area (TPSA) is 0 Å². The Morgan fingerprint density at radius 2 is 2.00 bits per heavy atom. The second kappa shape index (κ2) is 7.03. The van der Waals surface area contributed by atoms with E-state index >= 15 is 0 Å². The zero-order valence-corrected chi connectivity index (χ0v) is 8.95. The fourth-order valence-corrected chi connectivity index (χ4v) is 4.28. The molecule has 0 N–H and O–H groups in total. The molecular formula is C6H16S2Si. The Morgan fingerprint density at radius 1 is 1.33 bits per heavy atom. The first-order chi connectivity index (χ1) is 4.31. The van der Waals surface area contributed by atoms with Gasteiger partial charge in [0.05, 0.1) is 7.95 Å². The van der Waals surface area contributed by atoms with Crippen LogP contribution in [0, 0.1) is 0 Å². The Balaban J connectivity index is 2.95. The molecule has 0 aliphatic heterocycles. The van der Waals surface area contributed by atoms with Gasteiger partial charge in [0.2, 0.25) is 0 Å². The molecule has 0 spiro atoms. The molecule has 0 amide bonds. The van der Waals surface area contributed by atoms with Crippen LogP contribution in [0.3, 0.4) is 0 Å². The van der Waals surface area contributed by atoms with Crippen LogP contribution < -0.4 is 0 Å². The Hall–Kier alpha value is 0.917. The van der Waals surface area contributed by atoms with E-state index in [-0.39, 0.29) is 0 Å². The summed E-state index contributed by atoms with van der Waals surface area (Å²) in [5, 5.41) is 0. The molecule has 0 fully saturated rings. The summed E-state index contributed by atoms with van der Waals surface area (Å²) in [5.74, 6) is 1.04. The molecule has 0 bridgehead atoms. The Labute approximate surface area is 70.5 Å². The third-order valence-electron chi connectivity index (χ3n) is 1.32. The lowest BCUT2D eigenvalue weighted by molar-refractivity contribution is 1.03. The summed E-state index contributed by atoms with van der Waals surface area (Å²) < 4.78 is 0. The zero-order valence-electron chi connectivity index (χ0n) is 6.01. The lowest BCUT2D eigenvalue weighted by Crippen LogP contribution is -2.01. The summed E-state index contributed by atoms with van der Waals surface area (Å²) >= 11 is 8.70. The van der Waals surface area contributed by atoms with Crippen LogP contribution in [0.25, 0.3) is 0 Å². The van der Waals surface area contributed by atoms with Gasteiger partial charge in [-0.25, -0.2) is 12.1 Å². The largest absolute Gasteiger partial charge is 0.206 e. The van der Waals surface area contributed by atoms with E-state index in [1.807, 2.05) is 0 Å². The quantitative estimate of drug-likeness (QED) is 0.471. The highest BCUT2D eigenvalue weighted by Gasteiger charge is 2.01. The van der Waals surface area contributed by atoms with Crippen LogP contribution in [0.15, 0.2) is 0 Å². The minimum absolute atomic E-state index is 0.574. The van der Waals surface area contributed by atoms with Crippen molar-refractivity contribution in [3.05, 3.63) is 0 Å². The van der Waals surface area contributed by atoms with Crippen molar-refractivity contribution in [3.63, 3.8) is 0 Å². The number of rotatable bonds is 5. The highest BCUT2D eigenvalue weighted by Crippen LogP contribution is 2.09. The summed E-state index contributed by atoms with van der Waals surface area (Å²) in [6.07, 6.45) is 2.58. The summed E-state index contributed by atoms with van der Waals surface area (Å²) in [7, 11) is -0.574. The van der Waals surface area contributed by atoms with Crippen LogP contribution in [-0.2, 0) is 0 Å². The van der Waals surface area contributed by atoms with Gasteiger partial charge >= 0.3 is 0 Å². The average molecular weight is 180 g/mol. The van der Waals surface area contributed by atoms with E-state index in [4.69, 9.17) is 0 Å². The second-order valence-electron chi connectivity index (χ2n) is 2.31. The predicted octanol–water partition coefficient (Wildman–Crippen LogP) is 2.37. The first-order valence-electron chi connectivity index (χ1n) is 3.60. The number of thiol groups is 2. The molecule has 0 aromatic carbocycles. The molecular weight excluding hydrogens is 164 g/mol. The molecule has 0 aromatic heterocycles. The van der Waals surface area contributed by atoms with Gasteiger partial charge in [0.1, 0.15) is 0 Å². The van der Waals surface area contributed by atoms with Crippen molar-refractivity contribution >= 4 is 32.7 Å². The minimum Gasteiger partial charge on any atom is -0.206 e. The van der Waals surface area contributed by atoms with Gasteiger partial charge in [0.25, 0.3) is 0 Å². The van der Waals surface area contributed by atoms with E-state index in [1.54, 1.807) is 0 Å². The van der Waals surface area contributed by atoms with Gasteiger partial charge in [-0.15, -0.1) is 0 Å². The average Bonchev–Trinajstić information content (AvgIpc) is 1.85. The zero-order chi connectivity index (χ0) is 7.11. The van der Waals surface area contributed by atoms with Crippen LogP contribution in [0.1, 0.15) is 19.8 Å². The summed E-state index contributed by atoms with van der Waals surface area (Å²) in [6.45, 7) is 2.23. The second-order valence-corrected chi connectivity index (χ2v) is 7.41. The van der Waals surface area contributed by atoms with Crippen LogP contribution in [0.4, 0.5) is 0 Å². The highest BCUT2D eigenvalue weighted by molar-refractivity contribution is 8.10. The summed E-state index contributed by atoms with van der Waals surface area (Å²) in [4.78, 5) is 0. The third-order valence-corrected chi connectivity index (χ3v) is 5.50. The Morgan fingerprint density at radius 3 is 2.44 bits per heavy atom. The van der Waals surface area contributed by atoms with Gasteiger partial charge in [0.15, 0.2) is 0 Å². The van der Waals surface area contributed by atoms with Crippen molar-refractivity contribution in [2.24, 2.45) is 0 Å². The minimum atomic E-state index is -0.574. The fraction of sp³-hybridized carbons (Fsp3) is 1.00. The molecule has 0 saturated heterocycles. The molecule has 56 valence electrons. The Kier molecular flexibility index (Phi) is 7.75. The molecule has 0 heterocycles. The maximum Gasteiger partial charge on any atom is 0.0971 e. The number of hydrogen-bond acceptors (Lipinski definition) is 2. The standard InChI is InChI=1S/C6H16S2Si/c1-2-5-9(8)6-3-4-7/h7-9H,2-6H2,1H3. The van der Waals surface area contributed by atoms with Crippen molar-refractivity contribution in [2.45, 2.75) is 31.9 Å². The van der Waals surface area contributed by atoms with Gasteiger partial charge in [-0.1, -0.05) is 25.4 Å². The van der Waals surface area contributed by atoms with E-state index < -0.39 is 7.95 Å². The van der Waals surface area contributed by atoms with E-state index in [9.17, 15) is 0 Å². The van der Waals surface area contributed by atoms with Crippen LogP contribution in [0.2, 0.25) is 12.1 Å². The highest BCUT2D eigenvalue weighted by atomic mass is 32.3. The van der Waals surface area contributed by atoms with Gasteiger partial charge in [-0.2, -0.15) is 12.6 Å². The number of hydrogen-bond donors (Lipinski definition) is 2. The van der Waals surface area contributed by atoms with Crippen LogP contribution >= 0.6 is 24.7 Å². The normalized spacial score (nSPS) is 13.7. The van der Waals surface area contributed by atoms with E-state index in [0.717, 1.165) is 5.75 Å². The monoisotopic (exact) mass is 180 g/mol. The fourth-order valence-electron chi connectivity index (χ4n) is 0.804. The molecule has 0 nitrogen and oxygen atoms in total. The van der Waals surface area contributed by atoms with Crippen molar-refractivity contribution in [1.29, 1.82) is 0 Å². The SMILES string of the molecule is CCC[SiH](S)CCCS. The maximum atomic E-state index is 4.55. The van der Waals surface area contributed by atoms with Crippen molar-refractivity contribution < 1.29 is 0 Å². The van der Waals surface area contributed by atoms with Crippen molar-refractivity contribution in [2.75, 3.05) is 5.75 Å². The molecule has 0 saturated carbocycles. The molecule has 0 aromatic rings. The molecule has 1 unspecified atom stereocenters. The smallest absolute Gasteiger partial charge is 0.0971 e. The molecule has 0 rings (SSSR count). The van der Waals surface area contributed by atoms with Crippen LogP contribution in [0.5, 0.6) is 0 Å². The van der Waals surface area contributed by atoms with Gasteiger partial charge in [-0.05, 0) is 12.2 Å². The van der Waals surface area contributed by atoms with Crippen molar-refractivity contribution in [1.82, 2.24) is 0 Å². The van der Waals surface area contributed by atoms with Crippen LogP contribution in [-0.4, -0.2) is 13.7 Å². The van der Waals surface area contributed by atoms with E-state index in [0.29, 0.717) is 0 Å². The molecule has 0 aliphatic carbocycles. The first kappa shape index (κ1) is 9.92. The lowest BCUT2D eigenvalue weighted by Gasteiger charge is -2.03. The predicted molar refractivity (Wildman–Crippen MR) is 54.5 cm³/mol. The van der Waals surface area contributed by atoms with Gasteiger partial charge < -0.3 is 0 Å². The maximum absolute atomic E-state index is 4.55. The Bertz CT molecular complexity index is 59.0. The molecule has 0 aliphatic rings. The first-order valence-corrected chi connectivity index (χ1v) is 7.93. The summed E-state index contributed by atoms with van der Waals surface area (Å²) in [6, 6.07) is 2.75. The van der Waals surface area contributed by atoms with Gasteiger partial charge in [-0.3, -0.25) is 0 Å². The van der Waals surface area contributed by atoms with Crippen molar-refractivity contribution in [3.8, 4) is 0 Å². The van der Waals surface area contributed by atoms with Gasteiger partial charge in [0, 0.05) is 0 Å². The molecule has 9 heavy (non-hydrogen) atoms. The third kappa shape index (κ3) is 6.81. The van der Waals surface area contributed by atoms with E-state index in [2.05, 4.69) is 31.6 Å². The summed E-state index contributed by atoms with van der Waals surface area (Å²) in [5.41, 5.74) is 0.